The van der Waals surface area contributed by atoms with Crippen molar-refractivity contribution in [2.45, 2.75) is 6.61 Å². The van der Waals surface area contributed by atoms with Gasteiger partial charge >= 0.3 is 0 Å². The molecule has 5 heteroatoms. The zero-order valence-electron chi connectivity index (χ0n) is 7.32. The van der Waals surface area contributed by atoms with Crippen LogP contribution in [0.5, 0.6) is 0 Å². The number of nitrogens with zero attached hydrogens (tertiary/aromatic N) is 1. The first-order valence-electron chi connectivity index (χ1n) is 4.09. The van der Waals surface area contributed by atoms with Crippen LogP contribution in [0.25, 0.3) is 11.0 Å². The second-order valence-electron chi connectivity index (χ2n) is 2.92. The lowest BCUT2D eigenvalue weighted by molar-refractivity contribution is 0.0999. The first-order chi connectivity index (χ1) is 6.74. The van der Waals surface area contributed by atoms with Crippen LogP contribution in [0.3, 0.4) is 0 Å². The summed E-state index contributed by atoms with van der Waals surface area (Å²) in [5, 5.41) is 9.02. The Balaban J connectivity index is 2.82. The lowest BCUT2D eigenvalue weighted by Crippen LogP contribution is -2.14. The van der Waals surface area contributed by atoms with Crippen LogP contribution >= 0.6 is 0 Å². The number of fused-ring (bicyclic) bond motifs is 1. The molecule has 0 saturated carbocycles. The monoisotopic (exact) mass is 191 g/mol. The number of imidazole rings is 1. The minimum absolute atomic E-state index is 0.221. The standard InChI is InChI=1S/C9H9N3O2/c10-9(14)7-5(3-13)1-2-6-8(7)12-4-11-6/h1-2,4,13H,3H2,(H2,10,14)(H,11,12). The van der Waals surface area contributed by atoms with Crippen LogP contribution in [0.15, 0.2) is 18.5 Å². The topological polar surface area (TPSA) is 92.0 Å². The number of aliphatic hydroxyl groups is 1. The lowest BCUT2D eigenvalue weighted by Gasteiger charge is -2.03. The fourth-order valence-corrected chi connectivity index (χ4v) is 1.46. The van der Waals surface area contributed by atoms with Crippen LogP contribution in [0.4, 0.5) is 0 Å². The number of benzene rings is 1. The summed E-state index contributed by atoms with van der Waals surface area (Å²) in [5.74, 6) is -0.577. The van der Waals surface area contributed by atoms with E-state index in [1.807, 2.05) is 0 Å². The normalized spacial score (nSPS) is 10.6. The number of aromatic nitrogens is 2. The number of aromatic amines is 1. The van der Waals surface area contributed by atoms with Crippen molar-refractivity contribution in [2.75, 3.05) is 0 Å². The van der Waals surface area contributed by atoms with Gasteiger partial charge in [-0.2, -0.15) is 0 Å². The fraction of sp³-hybridized carbons (Fsp3) is 0.111. The molecule has 0 fully saturated rings. The Labute approximate surface area is 79.6 Å². The molecule has 2 rings (SSSR count). The van der Waals surface area contributed by atoms with Crippen LogP contribution in [-0.4, -0.2) is 21.0 Å². The zero-order valence-corrected chi connectivity index (χ0v) is 7.32. The molecule has 72 valence electrons. The average Bonchev–Trinajstić information content (AvgIpc) is 2.62. The van der Waals surface area contributed by atoms with Gasteiger partial charge in [-0.3, -0.25) is 4.79 Å². The van der Waals surface area contributed by atoms with Gasteiger partial charge in [-0.1, -0.05) is 6.07 Å². The largest absolute Gasteiger partial charge is 0.392 e. The van der Waals surface area contributed by atoms with Crippen molar-refractivity contribution in [3.8, 4) is 0 Å². The van der Waals surface area contributed by atoms with E-state index in [0.717, 1.165) is 5.52 Å². The van der Waals surface area contributed by atoms with E-state index >= 15 is 0 Å². The SMILES string of the molecule is NC(=O)c1c(CO)ccc2[nH]cnc12. The number of carbonyl (C=O) groups excluding carboxylic acids is 1. The summed E-state index contributed by atoms with van der Waals surface area (Å²) in [6.45, 7) is -0.221. The first kappa shape index (κ1) is 8.71. The van der Waals surface area contributed by atoms with Crippen molar-refractivity contribution in [1.82, 2.24) is 9.97 Å². The van der Waals surface area contributed by atoms with Gasteiger partial charge in [-0.05, 0) is 11.6 Å². The molecule has 0 aliphatic carbocycles. The quantitative estimate of drug-likeness (QED) is 0.631. The molecule has 2 aromatic rings. The molecule has 1 aromatic carbocycles. The molecule has 0 aliphatic rings. The van der Waals surface area contributed by atoms with Crippen LogP contribution in [0.1, 0.15) is 15.9 Å². The fourth-order valence-electron chi connectivity index (χ4n) is 1.46. The van der Waals surface area contributed by atoms with E-state index in [0.29, 0.717) is 11.1 Å². The molecule has 1 heterocycles. The van der Waals surface area contributed by atoms with Crippen LogP contribution in [-0.2, 0) is 6.61 Å². The predicted molar refractivity (Wildman–Crippen MR) is 50.5 cm³/mol. The smallest absolute Gasteiger partial charge is 0.251 e. The number of amides is 1. The molecule has 0 atom stereocenters. The van der Waals surface area contributed by atoms with E-state index < -0.39 is 5.91 Å². The van der Waals surface area contributed by atoms with Gasteiger partial charge in [0, 0.05) is 0 Å². The van der Waals surface area contributed by atoms with E-state index in [1.54, 1.807) is 12.1 Å². The molecule has 0 saturated heterocycles. The number of hydrogen-bond donors (Lipinski definition) is 3. The van der Waals surface area contributed by atoms with Gasteiger partial charge < -0.3 is 15.8 Å². The molecule has 4 N–H and O–H groups in total. The number of aliphatic hydroxyl groups excluding tert-OH is 1. The predicted octanol–water partition coefficient (Wildman–Crippen LogP) is 0.154. The summed E-state index contributed by atoms with van der Waals surface area (Å²) in [7, 11) is 0. The van der Waals surface area contributed by atoms with Gasteiger partial charge in [0.25, 0.3) is 5.91 Å². The minimum atomic E-state index is -0.577. The highest BCUT2D eigenvalue weighted by molar-refractivity contribution is 6.05. The highest BCUT2D eigenvalue weighted by Gasteiger charge is 2.13. The second-order valence-corrected chi connectivity index (χ2v) is 2.92. The van der Waals surface area contributed by atoms with Crippen molar-refractivity contribution in [3.63, 3.8) is 0 Å². The Kier molecular flexibility index (Phi) is 1.94. The van der Waals surface area contributed by atoms with Gasteiger partial charge in [-0.25, -0.2) is 4.98 Å². The van der Waals surface area contributed by atoms with Gasteiger partial charge in [0.05, 0.1) is 24.0 Å². The van der Waals surface area contributed by atoms with Crippen molar-refractivity contribution in [2.24, 2.45) is 5.73 Å². The zero-order chi connectivity index (χ0) is 10.1. The Morgan fingerprint density at radius 3 is 3.00 bits per heavy atom. The molecule has 14 heavy (non-hydrogen) atoms. The van der Waals surface area contributed by atoms with Crippen molar-refractivity contribution >= 4 is 16.9 Å². The lowest BCUT2D eigenvalue weighted by atomic mass is 10.1. The number of carbonyl (C=O) groups is 1. The third kappa shape index (κ3) is 1.14. The Bertz CT molecular complexity index is 490. The third-order valence-corrected chi connectivity index (χ3v) is 2.09. The maximum atomic E-state index is 11.1. The average molecular weight is 191 g/mol. The molecule has 0 radical (unpaired) electrons. The van der Waals surface area contributed by atoms with Gasteiger partial charge in [0.2, 0.25) is 0 Å². The molecule has 0 aliphatic heterocycles. The van der Waals surface area contributed by atoms with Crippen molar-refractivity contribution in [3.05, 3.63) is 29.6 Å². The second kappa shape index (κ2) is 3.12. The Morgan fingerprint density at radius 1 is 1.57 bits per heavy atom. The van der Waals surface area contributed by atoms with E-state index in [4.69, 9.17) is 10.8 Å². The molecule has 0 unspecified atom stereocenters. The molecule has 0 spiro atoms. The number of H-pyrrole nitrogens is 1. The highest BCUT2D eigenvalue weighted by atomic mass is 16.3. The maximum Gasteiger partial charge on any atom is 0.251 e. The van der Waals surface area contributed by atoms with Crippen LogP contribution < -0.4 is 5.73 Å². The summed E-state index contributed by atoms with van der Waals surface area (Å²) in [6, 6.07) is 3.40. The summed E-state index contributed by atoms with van der Waals surface area (Å²) >= 11 is 0. The maximum absolute atomic E-state index is 11.1. The molecular formula is C9H9N3O2. The third-order valence-electron chi connectivity index (χ3n) is 2.09. The number of hydrogen-bond acceptors (Lipinski definition) is 3. The Hall–Kier alpha value is -1.88. The van der Waals surface area contributed by atoms with E-state index in [2.05, 4.69) is 9.97 Å². The molecule has 1 amide bonds. The van der Waals surface area contributed by atoms with Crippen molar-refractivity contribution < 1.29 is 9.90 Å². The number of primary amides is 1. The molecule has 0 bridgehead atoms. The van der Waals surface area contributed by atoms with Gasteiger partial charge in [0.1, 0.15) is 5.52 Å². The van der Waals surface area contributed by atoms with Crippen LogP contribution in [0.2, 0.25) is 0 Å². The van der Waals surface area contributed by atoms with E-state index in [1.165, 1.54) is 6.33 Å². The highest BCUT2D eigenvalue weighted by Crippen LogP contribution is 2.18. The molecular weight excluding hydrogens is 182 g/mol. The number of rotatable bonds is 2. The number of nitrogens with one attached hydrogen (secondary N) is 1. The summed E-state index contributed by atoms with van der Waals surface area (Å²) in [4.78, 5) is 18.0. The molecule has 5 nitrogen and oxygen atoms in total. The van der Waals surface area contributed by atoms with Gasteiger partial charge in [-0.15, -0.1) is 0 Å². The summed E-state index contributed by atoms with van der Waals surface area (Å²) in [5.41, 5.74) is 7.23. The molecule has 1 aromatic heterocycles. The first-order valence-corrected chi connectivity index (χ1v) is 4.09. The van der Waals surface area contributed by atoms with E-state index in [-0.39, 0.29) is 12.2 Å². The van der Waals surface area contributed by atoms with Crippen LogP contribution in [0, 0.1) is 0 Å². The van der Waals surface area contributed by atoms with E-state index in [9.17, 15) is 4.79 Å². The van der Waals surface area contributed by atoms with Crippen molar-refractivity contribution in [1.29, 1.82) is 0 Å². The minimum Gasteiger partial charge on any atom is -0.392 e. The summed E-state index contributed by atoms with van der Waals surface area (Å²) in [6.07, 6.45) is 1.48. The van der Waals surface area contributed by atoms with Gasteiger partial charge in [0.15, 0.2) is 0 Å². The number of nitrogens with two attached hydrogens (primary N) is 1. The summed E-state index contributed by atoms with van der Waals surface area (Å²) < 4.78 is 0. The Morgan fingerprint density at radius 2 is 2.36 bits per heavy atom.